The molecule has 6 nitrogen and oxygen atoms in total. The highest BCUT2D eigenvalue weighted by Crippen LogP contribution is 2.08. The number of benzene rings is 2. The van der Waals surface area contributed by atoms with Crippen LogP contribution in [0.3, 0.4) is 0 Å². The van der Waals surface area contributed by atoms with Gasteiger partial charge in [-0.15, -0.1) is 0 Å². The fourth-order valence-corrected chi connectivity index (χ4v) is 2.41. The van der Waals surface area contributed by atoms with Crippen LogP contribution in [0, 0.1) is 0 Å². The number of carboxylic acids is 1. The Hall–Kier alpha value is -2.70. The first-order valence-corrected chi connectivity index (χ1v) is 7.63. The van der Waals surface area contributed by atoms with Gasteiger partial charge in [-0.3, -0.25) is 10.0 Å². The zero-order valence-electron chi connectivity index (χ0n) is 13.1. The molecular formula is C18H20N2O4. The third-order valence-electron chi connectivity index (χ3n) is 3.72. The zero-order valence-corrected chi connectivity index (χ0v) is 13.1. The van der Waals surface area contributed by atoms with Crippen molar-refractivity contribution < 1.29 is 19.9 Å². The van der Waals surface area contributed by atoms with Crippen LogP contribution in [0.15, 0.2) is 54.6 Å². The maximum atomic E-state index is 11.8. The molecule has 0 fully saturated rings. The summed E-state index contributed by atoms with van der Waals surface area (Å²) >= 11 is 0. The van der Waals surface area contributed by atoms with Crippen LogP contribution in [-0.4, -0.2) is 28.2 Å². The molecule has 2 aromatic rings. The summed E-state index contributed by atoms with van der Waals surface area (Å²) in [6, 6.07) is 15.7. The van der Waals surface area contributed by atoms with Crippen LogP contribution in [0.4, 0.5) is 0 Å². The van der Waals surface area contributed by atoms with Gasteiger partial charge in [0, 0.05) is 6.54 Å². The number of hydrogen-bond donors (Lipinski definition) is 4. The molecule has 0 spiro atoms. The number of nitrogens with one attached hydrogen (secondary N) is 2. The van der Waals surface area contributed by atoms with Gasteiger partial charge in [0.1, 0.15) is 0 Å². The van der Waals surface area contributed by atoms with Gasteiger partial charge in [-0.2, -0.15) is 0 Å². The minimum Gasteiger partial charge on any atom is -0.478 e. The summed E-state index contributed by atoms with van der Waals surface area (Å²) in [7, 11) is 0. The van der Waals surface area contributed by atoms with Gasteiger partial charge in [0.05, 0.1) is 11.6 Å². The topological polar surface area (TPSA) is 98.7 Å². The van der Waals surface area contributed by atoms with Crippen molar-refractivity contribution in [2.45, 2.75) is 25.4 Å². The highest BCUT2D eigenvalue weighted by Gasteiger charge is 2.17. The van der Waals surface area contributed by atoms with Gasteiger partial charge in [-0.05, 0) is 36.1 Å². The molecule has 24 heavy (non-hydrogen) atoms. The second-order valence-corrected chi connectivity index (χ2v) is 5.44. The first-order valence-electron chi connectivity index (χ1n) is 7.63. The molecule has 0 heterocycles. The first-order chi connectivity index (χ1) is 11.6. The number of aromatic carboxylic acids is 1. The summed E-state index contributed by atoms with van der Waals surface area (Å²) in [5.74, 6) is -1.51. The third-order valence-corrected chi connectivity index (χ3v) is 3.72. The minimum atomic E-state index is -0.995. The number of rotatable bonds is 8. The maximum absolute atomic E-state index is 11.8. The van der Waals surface area contributed by atoms with E-state index < -0.39 is 17.9 Å². The molecule has 1 amide bonds. The number of hydroxylamine groups is 1. The molecule has 0 aliphatic heterocycles. The summed E-state index contributed by atoms with van der Waals surface area (Å²) in [5, 5.41) is 21.0. The average Bonchev–Trinajstić information content (AvgIpc) is 2.62. The molecule has 2 aromatic carbocycles. The molecule has 0 saturated carbocycles. The van der Waals surface area contributed by atoms with E-state index in [1.165, 1.54) is 6.07 Å². The van der Waals surface area contributed by atoms with Gasteiger partial charge in [-0.1, -0.05) is 42.5 Å². The molecule has 126 valence electrons. The average molecular weight is 328 g/mol. The zero-order chi connectivity index (χ0) is 17.4. The predicted molar refractivity (Wildman–Crippen MR) is 88.7 cm³/mol. The molecule has 0 radical (unpaired) electrons. The molecule has 0 unspecified atom stereocenters. The van der Waals surface area contributed by atoms with E-state index in [0.29, 0.717) is 19.4 Å². The van der Waals surface area contributed by atoms with Crippen LogP contribution < -0.4 is 10.8 Å². The van der Waals surface area contributed by atoms with Crippen LogP contribution in [0.2, 0.25) is 0 Å². The van der Waals surface area contributed by atoms with Gasteiger partial charge in [-0.25, -0.2) is 10.3 Å². The monoisotopic (exact) mass is 328 g/mol. The Bertz CT molecular complexity index is 688. The Morgan fingerprint density at radius 1 is 1.00 bits per heavy atom. The number of carbonyl (C=O) groups excluding carboxylic acids is 1. The van der Waals surface area contributed by atoms with Crippen LogP contribution in [0.5, 0.6) is 0 Å². The molecule has 0 aliphatic rings. The lowest BCUT2D eigenvalue weighted by atomic mass is 10.0. The van der Waals surface area contributed by atoms with E-state index >= 15 is 0 Å². The van der Waals surface area contributed by atoms with Crippen molar-refractivity contribution in [3.8, 4) is 0 Å². The number of carboxylic acid groups (broad SMARTS) is 1. The van der Waals surface area contributed by atoms with E-state index in [2.05, 4.69) is 5.32 Å². The van der Waals surface area contributed by atoms with Crippen molar-refractivity contribution in [3.63, 3.8) is 0 Å². The van der Waals surface area contributed by atoms with E-state index in [4.69, 9.17) is 10.3 Å². The fraction of sp³-hybridized carbons (Fsp3) is 0.222. The maximum Gasteiger partial charge on any atom is 0.335 e. The fourth-order valence-electron chi connectivity index (χ4n) is 2.41. The number of aryl methyl sites for hydroxylation is 1. The Labute approximate surface area is 140 Å². The van der Waals surface area contributed by atoms with Crippen LogP contribution >= 0.6 is 0 Å². The quantitative estimate of drug-likeness (QED) is 0.439. The standard InChI is InChI=1S/C18H20N2O4/c21-17(20-24)16(10-9-13-5-2-1-3-6-13)19-12-14-7-4-8-15(11-14)18(22)23/h1-8,11,16,19,24H,9-10,12H2,(H,20,21)(H,22,23)/t16-/m0/s1. The SMILES string of the molecule is O=C(O)c1cccc(CN[C@@H](CCc2ccccc2)C(=O)NO)c1. The molecule has 0 bridgehead atoms. The molecule has 0 aromatic heterocycles. The van der Waals surface area contributed by atoms with E-state index in [1.807, 2.05) is 30.3 Å². The van der Waals surface area contributed by atoms with Gasteiger partial charge in [0.25, 0.3) is 5.91 Å². The number of carbonyl (C=O) groups is 2. The minimum absolute atomic E-state index is 0.196. The van der Waals surface area contributed by atoms with Crippen molar-refractivity contribution >= 4 is 11.9 Å². The van der Waals surface area contributed by atoms with Gasteiger partial charge < -0.3 is 10.4 Å². The van der Waals surface area contributed by atoms with E-state index in [0.717, 1.165) is 11.1 Å². The van der Waals surface area contributed by atoms with E-state index in [1.54, 1.807) is 23.7 Å². The third kappa shape index (κ3) is 5.19. The Morgan fingerprint density at radius 2 is 1.71 bits per heavy atom. The molecule has 0 saturated heterocycles. The number of amides is 1. The second kappa shape index (κ2) is 8.81. The highest BCUT2D eigenvalue weighted by atomic mass is 16.5. The Balaban J connectivity index is 1.97. The van der Waals surface area contributed by atoms with Gasteiger partial charge in [0.15, 0.2) is 0 Å². The highest BCUT2D eigenvalue weighted by molar-refractivity contribution is 5.87. The predicted octanol–water partition coefficient (Wildman–Crippen LogP) is 1.98. The smallest absolute Gasteiger partial charge is 0.335 e. The van der Waals surface area contributed by atoms with Crippen LogP contribution in [0.25, 0.3) is 0 Å². The lowest BCUT2D eigenvalue weighted by Gasteiger charge is -2.17. The van der Waals surface area contributed by atoms with Crippen LogP contribution in [0.1, 0.15) is 27.9 Å². The molecule has 1 atom stereocenters. The van der Waals surface area contributed by atoms with Crippen molar-refractivity contribution in [2.24, 2.45) is 0 Å². The van der Waals surface area contributed by atoms with Crippen molar-refractivity contribution in [1.82, 2.24) is 10.8 Å². The summed E-state index contributed by atoms with van der Waals surface area (Å²) in [5.41, 5.74) is 3.72. The van der Waals surface area contributed by atoms with E-state index in [9.17, 15) is 9.59 Å². The Morgan fingerprint density at radius 3 is 2.38 bits per heavy atom. The Kier molecular flexibility index (Phi) is 6.48. The van der Waals surface area contributed by atoms with Gasteiger partial charge >= 0.3 is 5.97 Å². The normalized spacial score (nSPS) is 11.7. The first kappa shape index (κ1) is 17.7. The molecule has 0 aliphatic carbocycles. The summed E-state index contributed by atoms with van der Waals surface area (Å²) in [4.78, 5) is 22.8. The molecule has 2 rings (SSSR count). The lowest BCUT2D eigenvalue weighted by molar-refractivity contribution is -0.131. The summed E-state index contributed by atoms with van der Waals surface area (Å²) in [6.07, 6.45) is 1.19. The second-order valence-electron chi connectivity index (χ2n) is 5.44. The molecule has 6 heteroatoms. The number of hydrogen-bond acceptors (Lipinski definition) is 4. The van der Waals surface area contributed by atoms with Crippen molar-refractivity contribution in [3.05, 3.63) is 71.3 Å². The summed E-state index contributed by atoms with van der Waals surface area (Å²) < 4.78 is 0. The molecular weight excluding hydrogens is 308 g/mol. The van der Waals surface area contributed by atoms with E-state index in [-0.39, 0.29) is 5.56 Å². The van der Waals surface area contributed by atoms with Gasteiger partial charge in [0.2, 0.25) is 0 Å². The largest absolute Gasteiger partial charge is 0.478 e. The van der Waals surface area contributed by atoms with Crippen molar-refractivity contribution in [2.75, 3.05) is 0 Å². The van der Waals surface area contributed by atoms with Crippen LogP contribution in [-0.2, 0) is 17.8 Å². The summed E-state index contributed by atoms with van der Waals surface area (Å²) in [6.45, 7) is 0.327. The lowest BCUT2D eigenvalue weighted by Crippen LogP contribution is -2.43. The molecule has 4 N–H and O–H groups in total. The van der Waals surface area contributed by atoms with Crippen molar-refractivity contribution in [1.29, 1.82) is 0 Å².